The van der Waals surface area contributed by atoms with Crippen LogP contribution in [0.5, 0.6) is 0 Å². The molecule has 9 heteroatoms. The molecule has 3 aromatic rings. The Hall–Kier alpha value is -2.52. The van der Waals surface area contributed by atoms with Crippen molar-refractivity contribution in [3.05, 3.63) is 54.1 Å². The van der Waals surface area contributed by atoms with Gasteiger partial charge in [0.15, 0.2) is 0 Å². The summed E-state index contributed by atoms with van der Waals surface area (Å²) < 4.78 is 43.6. The topological polar surface area (TPSA) is 54.8 Å². The van der Waals surface area contributed by atoms with E-state index in [0.29, 0.717) is 5.82 Å². The van der Waals surface area contributed by atoms with Crippen molar-refractivity contribution in [1.29, 1.82) is 0 Å². The van der Waals surface area contributed by atoms with Gasteiger partial charge < -0.3 is 9.88 Å². The number of anilines is 2. The molecule has 4 rings (SSSR count). The second-order valence-corrected chi connectivity index (χ2v) is 7.85. The lowest BCUT2D eigenvalue weighted by molar-refractivity contribution is -0.137. The standard InChI is InChI=1S/C20H20F3N5S/c1-24-29-14-6-7-16(26-18-8-5-13(11-25-18)20(21,22)23)15(10-14)17-12-28-9-3-2-4-19(28)27-17/h5-8,10-12,24H,2-4,9H2,1H3,(H,25,26). The maximum Gasteiger partial charge on any atom is 0.417 e. The van der Waals surface area contributed by atoms with Gasteiger partial charge in [-0.05, 0) is 62.2 Å². The highest BCUT2D eigenvalue weighted by Crippen LogP contribution is 2.34. The van der Waals surface area contributed by atoms with Gasteiger partial charge in [0.2, 0.25) is 0 Å². The van der Waals surface area contributed by atoms with E-state index in [0.717, 1.165) is 65.7 Å². The zero-order valence-corrected chi connectivity index (χ0v) is 16.6. The number of aromatic nitrogens is 3. The summed E-state index contributed by atoms with van der Waals surface area (Å²) in [4.78, 5) is 9.73. The van der Waals surface area contributed by atoms with E-state index in [-0.39, 0.29) is 0 Å². The summed E-state index contributed by atoms with van der Waals surface area (Å²) in [5.74, 6) is 1.41. The molecule has 5 nitrogen and oxygen atoms in total. The molecule has 0 fully saturated rings. The van der Waals surface area contributed by atoms with Gasteiger partial charge in [-0.3, -0.25) is 4.72 Å². The van der Waals surface area contributed by atoms with Gasteiger partial charge in [0.05, 0.1) is 11.3 Å². The molecule has 1 aromatic carbocycles. The fraction of sp³-hybridized carbons (Fsp3) is 0.300. The SMILES string of the molecule is CNSc1ccc(Nc2ccc(C(F)(F)F)cn2)c(-c2cn3c(n2)CCCC3)c1. The molecule has 1 aliphatic heterocycles. The second-order valence-electron chi connectivity index (χ2n) is 6.76. The second kappa shape index (κ2) is 8.08. The Balaban J connectivity index is 1.68. The highest BCUT2D eigenvalue weighted by molar-refractivity contribution is 7.97. The molecule has 2 aromatic heterocycles. The van der Waals surface area contributed by atoms with Crippen LogP contribution in [-0.4, -0.2) is 21.6 Å². The van der Waals surface area contributed by atoms with Crippen LogP contribution >= 0.6 is 11.9 Å². The number of rotatable bonds is 5. The third kappa shape index (κ3) is 4.40. The number of hydrogen-bond acceptors (Lipinski definition) is 5. The molecule has 0 spiro atoms. The van der Waals surface area contributed by atoms with E-state index in [9.17, 15) is 13.2 Å². The third-order valence-corrected chi connectivity index (χ3v) is 5.44. The molecule has 0 unspecified atom stereocenters. The van der Waals surface area contributed by atoms with Gasteiger partial charge in [-0.15, -0.1) is 0 Å². The van der Waals surface area contributed by atoms with Crippen LogP contribution in [0, 0.1) is 0 Å². The summed E-state index contributed by atoms with van der Waals surface area (Å²) in [6.07, 6.45) is 1.70. The first-order valence-corrected chi connectivity index (χ1v) is 10.1. The summed E-state index contributed by atoms with van der Waals surface area (Å²) in [6.45, 7) is 0.955. The number of imidazole rings is 1. The van der Waals surface area contributed by atoms with Gasteiger partial charge in [0, 0.05) is 41.5 Å². The third-order valence-electron chi connectivity index (χ3n) is 4.75. The predicted octanol–water partition coefficient (Wildman–Crippen LogP) is 5.27. The van der Waals surface area contributed by atoms with Crippen molar-refractivity contribution < 1.29 is 13.2 Å². The molecule has 3 heterocycles. The van der Waals surface area contributed by atoms with Crippen molar-refractivity contribution in [3.8, 4) is 11.3 Å². The molecule has 152 valence electrons. The average molecular weight is 419 g/mol. The Morgan fingerprint density at radius 2 is 2.00 bits per heavy atom. The number of nitrogens with zero attached hydrogens (tertiary/aromatic N) is 3. The first kappa shape index (κ1) is 19.8. The van der Waals surface area contributed by atoms with Crippen molar-refractivity contribution in [2.75, 3.05) is 12.4 Å². The molecular formula is C20H20F3N5S. The maximum absolute atomic E-state index is 12.8. The van der Waals surface area contributed by atoms with Crippen LogP contribution in [0.15, 0.2) is 47.6 Å². The van der Waals surface area contributed by atoms with E-state index in [4.69, 9.17) is 4.98 Å². The van der Waals surface area contributed by atoms with Crippen LogP contribution in [0.1, 0.15) is 24.2 Å². The van der Waals surface area contributed by atoms with Crippen LogP contribution in [0.3, 0.4) is 0 Å². The van der Waals surface area contributed by atoms with Crippen LogP contribution in [0.4, 0.5) is 24.7 Å². The van der Waals surface area contributed by atoms with Gasteiger partial charge in [0.1, 0.15) is 11.6 Å². The Bertz CT molecular complexity index is 975. The van der Waals surface area contributed by atoms with Crippen LogP contribution in [0.2, 0.25) is 0 Å². The van der Waals surface area contributed by atoms with E-state index < -0.39 is 11.7 Å². The zero-order valence-electron chi connectivity index (χ0n) is 15.8. The predicted molar refractivity (Wildman–Crippen MR) is 108 cm³/mol. The maximum atomic E-state index is 12.8. The minimum atomic E-state index is -4.40. The smallest absolute Gasteiger partial charge is 0.340 e. The monoisotopic (exact) mass is 419 g/mol. The quantitative estimate of drug-likeness (QED) is 0.552. The van der Waals surface area contributed by atoms with E-state index in [2.05, 4.69) is 19.6 Å². The van der Waals surface area contributed by atoms with Crippen LogP contribution in [0.25, 0.3) is 11.3 Å². The molecule has 0 aliphatic carbocycles. The molecule has 0 saturated heterocycles. The highest BCUT2D eigenvalue weighted by atomic mass is 32.2. The van der Waals surface area contributed by atoms with E-state index in [1.807, 2.05) is 31.4 Å². The molecule has 0 saturated carbocycles. The van der Waals surface area contributed by atoms with Crippen molar-refractivity contribution in [3.63, 3.8) is 0 Å². The normalized spacial score (nSPS) is 13.9. The van der Waals surface area contributed by atoms with Crippen molar-refractivity contribution in [2.24, 2.45) is 0 Å². The van der Waals surface area contributed by atoms with Gasteiger partial charge in [-0.2, -0.15) is 13.2 Å². The Morgan fingerprint density at radius 3 is 2.69 bits per heavy atom. The summed E-state index contributed by atoms with van der Waals surface area (Å²) >= 11 is 1.49. The first-order valence-electron chi connectivity index (χ1n) is 9.28. The number of alkyl halides is 3. The molecule has 0 atom stereocenters. The highest BCUT2D eigenvalue weighted by Gasteiger charge is 2.30. The summed E-state index contributed by atoms with van der Waals surface area (Å²) in [5.41, 5.74) is 1.70. The van der Waals surface area contributed by atoms with Gasteiger partial charge in [0.25, 0.3) is 0 Å². The van der Waals surface area contributed by atoms with Crippen molar-refractivity contribution in [1.82, 2.24) is 19.3 Å². The number of fused-ring (bicyclic) bond motifs is 1. The van der Waals surface area contributed by atoms with Crippen LogP contribution in [-0.2, 0) is 19.1 Å². The average Bonchev–Trinajstić information content (AvgIpc) is 3.13. The van der Waals surface area contributed by atoms with Crippen molar-refractivity contribution in [2.45, 2.75) is 36.9 Å². The van der Waals surface area contributed by atoms with Crippen molar-refractivity contribution >= 4 is 23.5 Å². The largest absolute Gasteiger partial charge is 0.417 e. The van der Waals surface area contributed by atoms with Gasteiger partial charge in [-0.1, -0.05) is 0 Å². The number of benzene rings is 1. The summed E-state index contributed by atoms with van der Waals surface area (Å²) in [6, 6.07) is 8.21. The summed E-state index contributed by atoms with van der Waals surface area (Å²) in [7, 11) is 1.85. The number of nitrogens with one attached hydrogen (secondary N) is 2. The summed E-state index contributed by atoms with van der Waals surface area (Å²) in [5, 5.41) is 3.14. The molecule has 29 heavy (non-hydrogen) atoms. The van der Waals surface area contributed by atoms with Gasteiger partial charge in [-0.25, -0.2) is 9.97 Å². The lowest BCUT2D eigenvalue weighted by Crippen LogP contribution is -2.08. The van der Waals surface area contributed by atoms with Gasteiger partial charge >= 0.3 is 6.18 Å². The number of hydrogen-bond donors (Lipinski definition) is 2. The van der Waals surface area contributed by atoms with Crippen LogP contribution < -0.4 is 10.0 Å². The Labute approximate surface area is 170 Å². The number of aryl methyl sites for hydroxylation is 2. The lowest BCUT2D eigenvalue weighted by Gasteiger charge is -2.13. The Kier molecular flexibility index (Phi) is 5.51. The molecule has 0 radical (unpaired) electrons. The first-order chi connectivity index (χ1) is 13.9. The number of halogens is 3. The van der Waals surface area contributed by atoms with E-state index in [1.54, 1.807) is 0 Å². The number of pyridine rings is 1. The lowest BCUT2D eigenvalue weighted by atomic mass is 10.1. The fourth-order valence-electron chi connectivity index (χ4n) is 3.34. The molecule has 0 bridgehead atoms. The zero-order chi connectivity index (χ0) is 20.4. The molecular weight excluding hydrogens is 399 g/mol. The molecule has 1 aliphatic rings. The molecule has 2 N–H and O–H groups in total. The minimum Gasteiger partial charge on any atom is -0.340 e. The minimum absolute atomic E-state index is 0.345. The molecule has 0 amide bonds. The Morgan fingerprint density at radius 1 is 1.14 bits per heavy atom. The fourth-order valence-corrected chi connectivity index (χ4v) is 3.89. The van der Waals surface area contributed by atoms with E-state index in [1.165, 1.54) is 18.0 Å². The van der Waals surface area contributed by atoms with E-state index >= 15 is 0 Å².